The number of rotatable bonds is 6. The largest absolute Gasteiger partial charge is 0.383 e. The minimum atomic E-state index is -0.258. The second-order valence-corrected chi connectivity index (χ2v) is 5.37. The summed E-state index contributed by atoms with van der Waals surface area (Å²) in [6, 6.07) is 0. The summed E-state index contributed by atoms with van der Waals surface area (Å²) in [4.78, 5) is 23.6. The average molecular weight is 328 g/mol. The van der Waals surface area contributed by atoms with Crippen molar-refractivity contribution in [2.24, 2.45) is 0 Å². The summed E-state index contributed by atoms with van der Waals surface area (Å²) in [7, 11) is 1.62. The van der Waals surface area contributed by atoms with Crippen LogP contribution in [0.1, 0.15) is 6.42 Å². The van der Waals surface area contributed by atoms with E-state index in [0.717, 1.165) is 12.0 Å². The quantitative estimate of drug-likeness (QED) is 0.687. The number of fused-ring (bicyclic) bond motifs is 1. The van der Waals surface area contributed by atoms with Gasteiger partial charge in [-0.25, -0.2) is 4.79 Å². The van der Waals surface area contributed by atoms with Crippen LogP contribution < -0.4 is 16.7 Å². The molecule has 0 aliphatic heterocycles. The normalized spacial score (nSPS) is 14.0. The van der Waals surface area contributed by atoms with Gasteiger partial charge >= 0.3 is 5.69 Å². The number of anilines is 2. The Bertz CT molecular complexity index is 875. The Balaban J connectivity index is 1.96. The van der Waals surface area contributed by atoms with Crippen LogP contribution in [0, 0.1) is 0 Å². The molecule has 0 saturated carbocycles. The van der Waals surface area contributed by atoms with E-state index in [0.29, 0.717) is 36.8 Å². The van der Waals surface area contributed by atoms with E-state index in [1.165, 1.54) is 0 Å². The number of allylic oxidation sites excluding steroid dienone is 6. The zero-order valence-electron chi connectivity index (χ0n) is 13.5. The molecule has 0 amide bonds. The third kappa shape index (κ3) is 3.38. The standard InChI is InChI=1S/C16H20N6O2/c1-24-9-8-18-15-20-13(17)12-14(21-15)22(16(23)19-12)10-11-6-4-2-3-5-7-11/h2-4,6-7H,5,8-10H2,1H3,(H,19,23)(H3,17,18,20,21). The lowest BCUT2D eigenvalue weighted by Gasteiger charge is -2.07. The van der Waals surface area contributed by atoms with Crippen LogP contribution in [0.2, 0.25) is 0 Å². The van der Waals surface area contributed by atoms with Gasteiger partial charge in [-0.3, -0.25) is 4.57 Å². The highest BCUT2D eigenvalue weighted by molar-refractivity contribution is 5.82. The summed E-state index contributed by atoms with van der Waals surface area (Å²) in [5.74, 6) is 0.611. The number of aromatic nitrogens is 4. The van der Waals surface area contributed by atoms with Crippen LogP contribution in [0.3, 0.4) is 0 Å². The number of hydrogen-bond donors (Lipinski definition) is 3. The fourth-order valence-corrected chi connectivity index (χ4v) is 2.47. The van der Waals surface area contributed by atoms with Crippen molar-refractivity contribution in [1.82, 2.24) is 19.5 Å². The van der Waals surface area contributed by atoms with Crippen LogP contribution in [-0.4, -0.2) is 39.8 Å². The van der Waals surface area contributed by atoms with Crippen molar-refractivity contribution in [1.29, 1.82) is 0 Å². The maximum atomic E-state index is 12.3. The number of hydrogen-bond acceptors (Lipinski definition) is 6. The third-order valence-electron chi connectivity index (χ3n) is 3.65. The Morgan fingerprint density at radius 1 is 1.42 bits per heavy atom. The Kier molecular flexibility index (Phi) is 4.76. The summed E-state index contributed by atoms with van der Waals surface area (Å²) >= 11 is 0. The first kappa shape index (κ1) is 16.0. The highest BCUT2D eigenvalue weighted by atomic mass is 16.5. The van der Waals surface area contributed by atoms with Gasteiger partial charge in [-0.1, -0.05) is 30.4 Å². The van der Waals surface area contributed by atoms with Crippen molar-refractivity contribution in [2.45, 2.75) is 13.0 Å². The van der Waals surface area contributed by atoms with Gasteiger partial charge in [-0.2, -0.15) is 9.97 Å². The number of nitrogen functional groups attached to an aromatic ring is 1. The molecule has 8 nitrogen and oxygen atoms in total. The molecule has 0 saturated heterocycles. The van der Waals surface area contributed by atoms with Crippen molar-refractivity contribution in [3.8, 4) is 0 Å². The minimum Gasteiger partial charge on any atom is -0.383 e. The van der Waals surface area contributed by atoms with E-state index in [1.807, 2.05) is 18.2 Å². The zero-order chi connectivity index (χ0) is 16.9. The maximum absolute atomic E-state index is 12.3. The van der Waals surface area contributed by atoms with Crippen molar-refractivity contribution in [3.63, 3.8) is 0 Å². The summed E-state index contributed by atoms with van der Waals surface area (Å²) < 4.78 is 6.56. The van der Waals surface area contributed by atoms with Crippen molar-refractivity contribution in [2.75, 3.05) is 31.3 Å². The molecule has 0 fully saturated rings. The molecule has 0 radical (unpaired) electrons. The molecule has 2 aromatic rings. The van der Waals surface area contributed by atoms with Gasteiger partial charge in [0.25, 0.3) is 0 Å². The maximum Gasteiger partial charge on any atom is 0.328 e. The fraction of sp³-hybridized carbons (Fsp3) is 0.312. The van der Waals surface area contributed by atoms with Crippen LogP contribution in [0.5, 0.6) is 0 Å². The molecule has 0 unspecified atom stereocenters. The number of H-pyrrole nitrogens is 1. The SMILES string of the molecule is COCCNc1nc(N)c2[nH]c(=O)n(CC3=CCC=CC=C3)c2n1. The van der Waals surface area contributed by atoms with E-state index in [9.17, 15) is 4.79 Å². The van der Waals surface area contributed by atoms with Crippen LogP contribution in [0.25, 0.3) is 11.2 Å². The van der Waals surface area contributed by atoms with E-state index in [1.54, 1.807) is 11.7 Å². The summed E-state index contributed by atoms with van der Waals surface area (Å²) in [5, 5.41) is 3.03. The Labute approximate surface area is 138 Å². The summed E-state index contributed by atoms with van der Waals surface area (Å²) in [6.07, 6.45) is 10.9. The molecule has 1 aliphatic carbocycles. The van der Waals surface area contributed by atoms with Crippen molar-refractivity contribution in [3.05, 3.63) is 46.4 Å². The van der Waals surface area contributed by atoms with E-state index in [-0.39, 0.29) is 11.5 Å². The van der Waals surface area contributed by atoms with Gasteiger partial charge in [0, 0.05) is 13.7 Å². The van der Waals surface area contributed by atoms with Crippen molar-refractivity contribution < 1.29 is 4.74 Å². The lowest BCUT2D eigenvalue weighted by atomic mass is 10.2. The van der Waals surface area contributed by atoms with Crippen molar-refractivity contribution >= 4 is 22.9 Å². The second-order valence-electron chi connectivity index (χ2n) is 5.37. The number of aromatic amines is 1. The second kappa shape index (κ2) is 7.14. The smallest absolute Gasteiger partial charge is 0.328 e. The predicted octanol–water partition coefficient (Wildman–Crippen LogP) is 1.20. The molecule has 4 N–H and O–H groups in total. The number of imidazole rings is 1. The molecule has 1 aliphatic rings. The zero-order valence-corrected chi connectivity index (χ0v) is 13.5. The Morgan fingerprint density at radius 2 is 2.29 bits per heavy atom. The molecule has 2 aromatic heterocycles. The average Bonchev–Trinajstić information content (AvgIpc) is 2.75. The molecule has 0 aromatic carbocycles. The molecule has 3 rings (SSSR count). The van der Waals surface area contributed by atoms with E-state index in [2.05, 4.69) is 32.4 Å². The monoisotopic (exact) mass is 328 g/mol. The van der Waals surface area contributed by atoms with E-state index >= 15 is 0 Å². The van der Waals surface area contributed by atoms with Gasteiger partial charge in [0.1, 0.15) is 5.52 Å². The molecule has 8 heteroatoms. The van der Waals surface area contributed by atoms with Gasteiger partial charge < -0.3 is 20.8 Å². The molecule has 0 spiro atoms. The number of methoxy groups -OCH3 is 1. The lowest BCUT2D eigenvalue weighted by molar-refractivity contribution is 0.210. The number of nitrogens with two attached hydrogens (primary N) is 1. The first-order valence-corrected chi connectivity index (χ1v) is 7.70. The molecular weight excluding hydrogens is 308 g/mol. The first-order valence-electron chi connectivity index (χ1n) is 7.70. The summed E-state index contributed by atoms with van der Waals surface area (Å²) in [5.41, 5.74) is 7.67. The Morgan fingerprint density at radius 3 is 3.12 bits per heavy atom. The molecule has 2 heterocycles. The van der Waals surface area contributed by atoms with Gasteiger partial charge in [0.05, 0.1) is 13.2 Å². The van der Waals surface area contributed by atoms with Gasteiger partial charge in [-0.15, -0.1) is 0 Å². The highest BCUT2D eigenvalue weighted by Gasteiger charge is 2.14. The third-order valence-corrected chi connectivity index (χ3v) is 3.65. The first-order chi connectivity index (χ1) is 11.7. The minimum absolute atomic E-state index is 0.239. The van der Waals surface area contributed by atoms with E-state index in [4.69, 9.17) is 10.5 Å². The van der Waals surface area contributed by atoms with Crippen LogP contribution in [0.4, 0.5) is 11.8 Å². The summed E-state index contributed by atoms with van der Waals surface area (Å²) in [6.45, 7) is 1.49. The number of ether oxygens (including phenoxy) is 1. The number of nitrogens with one attached hydrogen (secondary N) is 2. The van der Waals surface area contributed by atoms with Crippen LogP contribution >= 0.6 is 0 Å². The molecule has 126 valence electrons. The molecule has 24 heavy (non-hydrogen) atoms. The van der Waals surface area contributed by atoms with Gasteiger partial charge in [0.2, 0.25) is 5.95 Å². The molecule has 0 bridgehead atoms. The predicted molar refractivity (Wildman–Crippen MR) is 93.9 cm³/mol. The van der Waals surface area contributed by atoms with E-state index < -0.39 is 0 Å². The topological polar surface area (TPSA) is 111 Å². The van der Waals surface area contributed by atoms with Gasteiger partial charge in [0.15, 0.2) is 11.5 Å². The Hall–Kier alpha value is -2.87. The molecule has 0 atom stereocenters. The fourth-order valence-electron chi connectivity index (χ4n) is 2.47. The number of nitrogens with zero attached hydrogens (tertiary/aromatic N) is 3. The van der Waals surface area contributed by atoms with Crippen LogP contribution in [0.15, 0.2) is 40.7 Å². The lowest BCUT2D eigenvalue weighted by Crippen LogP contribution is -2.18. The van der Waals surface area contributed by atoms with Crippen LogP contribution in [-0.2, 0) is 11.3 Å². The van der Waals surface area contributed by atoms with Gasteiger partial charge in [-0.05, 0) is 12.0 Å². The molecular formula is C16H20N6O2. The highest BCUT2D eigenvalue weighted by Crippen LogP contribution is 2.18.